The van der Waals surface area contributed by atoms with Gasteiger partial charge >= 0.3 is 0 Å². The molecule has 0 amide bonds. The second-order valence-electron chi connectivity index (χ2n) is 4.71. The summed E-state index contributed by atoms with van der Waals surface area (Å²) in [4.78, 5) is 9.32. The SMILES string of the molecule is CCc1nc2cc3nc(CC)n(C)c3cc2n1C. The van der Waals surface area contributed by atoms with Crippen LogP contribution in [-0.2, 0) is 26.9 Å². The molecule has 0 aliphatic heterocycles. The fraction of sp³-hybridized carbons (Fsp3) is 0.429. The van der Waals surface area contributed by atoms with Crippen LogP contribution in [-0.4, -0.2) is 19.1 Å². The van der Waals surface area contributed by atoms with Gasteiger partial charge in [-0.25, -0.2) is 9.97 Å². The minimum absolute atomic E-state index is 0.954. The summed E-state index contributed by atoms with van der Waals surface area (Å²) in [5, 5.41) is 0. The monoisotopic (exact) mass is 242 g/mol. The average molecular weight is 242 g/mol. The van der Waals surface area contributed by atoms with Crippen LogP contribution in [0.5, 0.6) is 0 Å². The van der Waals surface area contributed by atoms with E-state index in [4.69, 9.17) is 0 Å². The number of benzene rings is 1. The van der Waals surface area contributed by atoms with E-state index in [0.29, 0.717) is 0 Å². The minimum Gasteiger partial charge on any atom is -0.331 e. The molecule has 0 atom stereocenters. The summed E-state index contributed by atoms with van der Waals surface area (Å²) in [7, 11) is 4.16. The highest BCUT2D eigenvalue weighted by Crippen LogP contribution is 2.23. The van der Waals surface area contributed by atoms with E-state index in [9.17, 15) is 0 Å². The van der Waals surface area contributed by atoms with Crippen molar-refractivity contribution in [3.63, 3.8) is 0 Å². The second-order valence-corrected chi connectivity index (χ2v) is 4.71. The molecule has 0 aliphatic rings. The summed E-state index contributed by atoms with van der Waals surface area (Å²) in [5.74, 6) is 2.24. The van der Waals surface area contributed by atoms with Gasteiger partial charge in [0.2, 0.25) is 0 Å². The van der Waals surface area contributed by atoms with E-state index < -0.39 is 0 Å². The highest BCUT2D eigenvalue weighted by atomic mass is 15.1. The number of aromatic nitrogens is 4. The molecule has 0 radical (unpaired) electrons. The van der Waals surface area contributed by atoms with Crippen molar-refractivity contribution in [1.29, 1.82) is 0 Å². The molecular formula is C14H18N4. The normalized spacial score (nSPS) is 11.8. The molecule has 0 spiro atoms. The quantitative estimate of drug-likeness (QED) is 0.692. The first-order valence-corrected chi connectivity index (χ1v) is 6.46. The molecule has 1 aromatic carbocycles. The van der Waals surface area contributed by atoms with Crippen molar-refractivity contribution in [3.8, 4) is 0 Å². The molecular weight excluding hydrogens is 224 g/mol. The number of rotatable bonds is 2. The maximum absolute atomic E-state index is 4.66. The number of nitrogens with zero attached hydrogens (tertiary/aromatic N) is 4. The fourth-order valence-electron chi connectivity index (χ4n) is 2.61. The Bertz CT molecular complexity index is 673. The van der Waals surface area contributed by atoms with Crippen molar-refractivity contribution in [2.75, 3.05) is 0 Å². The number of aryl methyl sites for hydroxylation is 4. The van der Waals surface area contributed by atoms with Gasteiger partial charge in [0.25, 0.3) is 0 Å². The Hall–Kier alpha value is -1.84. The summed E-state index contributed by atoms with van der Waals surface area (Å²) in [6.45, 7) is 4.27. The van der Waals surface area contributed by atoms with E-state index in [1.807, 2.05) is 0 Å². The Labute approximate surface area is 106 Å². The van der Waals surface area contributed by atoms with E-state index in [1.54, 1.807) is 0 Å². The molecule has 0 saturated heterocycles. The van der Waals surface area contributed by atoms with Crippen molar-refractivity contribution < 1.29 is 0 Å². The molecule has 0 bridgehead atoms. The van der Waals surface area contributed by atoms with Gasteiger partial charge in [-0.15, -0.1) is 0 Å². The minimum atomic E-state index is 0.954. The van der Waals surface area contributed by atoms with E-state index in [2.05, 4.69) is 59.2 Å². The van der Waals surface area contributed by atoms with Crippen LogP contribution in [0.4, 0.5) is 0 Å². The van der Waals surface area contributed by atoms with Gasteiger partial charge in [0, 0.05) is 26.9 Å². The topological polar surface area (TPSA) is 35.6 Å². The molecule has 0 aliphatic carbocycles. The lowest BCUT2D eigenvalue weighted by Crippen LogP contribution is -1.96. The number of hydrogen-bond donors (Lipinski definition) is 0. The van der Waals surface area contributed by atoms with E-state index in [-0.39, 0.29) is 0 Å². The third-order valence-corrected chi connectivity index (χ3v) is 3.70. The Morgan fingerprint density at radius 2 is 1.28 bits per heavy atom. The van der Waals surface area contributed by atoms with Crippen molar-refractivity contribution in [3.05, 3.63) is 23.8 Å². The van der Waals surface area contributed by atoms with Crippen LogP contribution >= 0.6 is 0 Å². The third-order valence-electron chi connectivity index (χ3n) is 3.70. The lowest BCUT2D eigenvalue weighted by atomic mass is 10.2. The first-order chi connectivity index (χ1) is 8.65. The predicted octanol–water partition coefficient (Wildman–Crippen LogP) is 2.58. The lowest BCUT2D eigenvalue weighted by Gasteiger charge is -2.00. The zero-order chi connectivity index (χ0) is 12.9. The molecule has 3 rings (SSSR count). The average Bonchev–Trinajstić information content (AvgIpc) is 2.86. The summed E-state index contributed by atoms with van der Waals surface area (Å²) >= 11 is 0. The standard InChI is InChI=1S/C14H18N4/c1-5-13-15-9-7-10-12(8-11(9)17(13)3)18(4)14(6-2)16-10/h7-8H,5-6H2,1-4H3. The van der Waals surface area contributed by atoms with E-state index in [1.165, 1.54) is 11.0 Å². The molecule has 0 unspecified atom stereocenters. The van der Waals surface area contributed by atoms with E-state index >= 15 is 0 Å². The zero-order valence-corrected chi connectivity index (χ0v) is 11.4. The van der Waals surface area contributed by atoms with Crippen molar-refractivity contribution in [2.24, 2.45) is 14.1 Å². The molecule has 0 saturated carbocycles. The van der Waals surface area contributed by atoms with Gasteiger partial charge in [-0.3, -0.25) is 0 Å². The largest absolute Gasteiger partial charge is 0.331 e. The number of hydrogen-bond acceptors (Lipinski definition) is 2. The third kappa shape index (κ3) is 1.38. The fourth-order valence-corrected chi connectivity index (χ4v) is 2.61. The van der Waals surface area contributed by atoms with Crippen LogP contribution in [0.15, 0.2) is 12.1 Å². The van der Waals surface area contributed by atoms with Gasteiger partial charge in [-0.1, -0.05) is 13.8 Å². The van der Waals surface area contributed by atoms with Crippen LogP contribution in [0, 0.1) is 0 Å². The molecule has 4 nitrogen and oxygen atoms in total. The van der Waals surface area contributed by atoms with Crippen molar-refractivity contribution >= 4 is 22.1 Å². The van der Waals surface area contributed by atoms with E-state index in [0.717, 1.165) is 35.5 Å². The predicted molar refractivity (Wildman–Crippen MR) is 73.7 cm³/mol. The van der Waals surface area contributed by atoms with Gasteiger partial charge in [0.05, 0.1) is 22.1 Å². The molecule has 94 valence electrons. The highest BCUT2D eigenvalue weighted by Gasteiger charge is 2.11. The lowest BCUT2D eigenvalue weighted by molar-refractivity contribution is 0.823. The Morgan fingerprint density at radius 1 is 0.833 bits per heavy atom. The van der Waals surface area contributed by atoms with Gasteiger partial charge in [0.1, 0.15) is 11.6 Å². The Balaban J connectivity index is 2.39. The maximum atomic E-state index is 4.66. The summed E-state index contributed by atoms with van der Waals surface area (Å²) in [5.41, 5.74) is 4.46. The summed E-state index contributed by atoms with van der Waals surface area (Å²) < 4.78 is 4.35. The van der Waals surface area contributed by atoms with Gasteiger partial charge in [-0.05, 0) is 12.1 Å². The molecule has 18 heavy (non-hydrogen) atoms. The van der Waals surface area contributed by atoms with Gasteiger partial charge < -0.3 is 9.13 Å². The first kappa shape index (κ1) is 11.3. The van der Waals surface area contributed by atoms with Gasteiger partial charge in [0.15, 0.2) is 0 Å². The van der Waals surface area contributed by atoms with Crippen LogP contribution in [0.2, 0.25) is 0 Å². The number of imidazole rings is 2. The molecule has 2 aromatic heterocycles. The Morgan fingerprint density at radius 3 is 1.67 bits per heavy atom. The van der Waals surface area contributed by atoms with Crippen LogP contribution in [0.3, 0.4) is 0 Å². The van der Waals surface area contributed by atoms with Gasteiger partial charge in [-0.2, -0.15) is 0 Å². The van der Waals surface area contributed by atoms with Crippen LogP contribution < -0.4 is 0 Å². The molecule has 4 heteroatoms. The Kier molecular flexibility index (Phi) is 2.40. The zero-order valence-electron chi connectivity index (χ0n) is 11.4. The molecule has 0 fully saturated rings. The highest BCUT2D eigenvalue weighted by molar-refractivity contribution is 5.92. The smallest absolute Gasteiger partial charge is 0.109 e. The number of fused-ring (bicyclic) bond motifs is 2. The van der Waals surface area contributed by atoms with Crippen LogP contribution in [0.25, 0.3) is 22.1 Å². The second kappa shape index (κ2) is 3.83. The summed E-state index contributed by atoms with van der Waals surface area (Å²) in [6, 6.07) is 4.30. The molecule has 2 heterocycles. The van der Waals surface area contributed by atoms with Crippen molar-refractivity contribution in [2.45, 2.75) is 26.7 Å². The van der Waals surface area contributed by atoms with Crippen LogP contribution in [0.1, 0.15) is 25.5 Å². The van der Waals surface area contributed by atoms with Crippen molar-refractivity contribution in [1.82, 2.24) is 19.1 Å². The molecule has 3 aromatic rings. The summed E-state index contributed by atoms with van der Waals surface area (Å²) in [6.07, 6.45) is 1.91. The first-order valence-electron chi connectivity index (χ1n) is 6.46. The molecule has 0 N–H and O–H groups in total. The maximum Gasteiger partial charge on any atom is 0.109 e.